The number of sulfonamides is 1. The van der Waals surface area contributed by atoms with E-state index in [4.69, 9.17) is 4.74 Å². The lowest BCUT2D eigenvalue weighted by atomic mass is 10.3. The van der Waals surface area contributed by atoms with Gasteiger partial charge in [0.2, 0.25) is 10.0 Å². The minimum Gasteiger partial charge on any atom is -0.374 e. The maximum Gasteiger partial charge on any atom is 0.217 e. The van der Waals surface area contributed by atoms with Crippen LogP contribution < -0.4 is 0 Å². The molecule has 0 unspecified atom stereocenters. The monoisotopic (exact) mass is 329 g/mol. The molecule has 0 radical (unpaired) electrons. The van der Waals surface area contributed by atoms with Crippen LogP contribution in [-0.4, -0.2) is 71.7 Å². The van der Waals surface area contributed by atoms with Crippen LogP contribution in [0.4, 0.5) is 0 Å². The summed E-state index contributed by atoms with van der Waals surface area (Å²) in [6, 6.07) is 0. The van der Waals surface area contributed by atoms with E-state index in [9.17, 15) is 8.42 Å². The molecule has 1 fully saturated rings. The Bertz CT molecular complexity index is 624. The number of nitrogens with zero attached hydrogens (tertiary/aromatic N) is 5. The van der Waals surface area contributed by atoms with Crippen LogP contribution in [0.2, 0.25) is 0 Å². The highest BCUT2D eigenvalue weighted by atomic mass is 32.2. The zero-order valence-electron chi connectivity index (χ0n) is 13.1. The van der Waals surface area contributed by atoms with Crippen molar-refractivity contribution in [3.05, 3.63) is 11.4 Å². The Morgan fingerprint density at radius 1 is 1.32 bits per heavy atom. The molecule has 124 valence electrons. The second kappa shape index (κ2) is 6.23. The van der Waals surface area contributed by atoms with Crippen molar-refractivity contribution in [2.24, 2.45) is 0 Å². The molecule has 0 N–H and O–H groups in total. The van der Waals surface area contributed by atoms with Crippen molar-refractivity contribution in [3.63, 3.8) is 0 Å². The van der Waals surface area contributed by atoms with Crippen LogP contribution in [0.5, 0.6) is 0 Å². The van der Waals surface area contributed by atoms with E-state index in [0.717, 1.165) is 30.8 Å². The lowest BCUT2D eigenvalue weighted by Crippen LogP contribution is -2.40. The molecule has 2 heterocycles. The average molecular weight is 329 g/mol. The maximum absolute atomic E-state index is 12.4. The normalized spacial score (nSPS) is 19.6. The van der Waals surface area contributed by atoms with Gasteiger partial charge < -0.3 is 9.64 Å². The molecule has 9 heteroatoms. The third-order valence-electron chi connectivity index (χ3n) is 4.03. The Kier molecular flexibility index (Phi) is 4.49. The summed E-state index contributed by atoms with van der Waals surface area (Å²) >= 11 is 0. The first-order valence-corrected chi connectivity index (χ1v) is 9.11. The minimum absolute atomic E-state index is 0.172. The predicted molar refractivity (Wildman–Crippen MR) is 80.6 cm³/mol. The van der Waals surface area contributed by atoms with Crippen molar-refractivity contribution in [2.75, 3.05) is 33.8 Å². The van der Waals surface area contributed by atoms with Gasteiger partial charge in [-0.1, -0.05) is 5.21 Å². The van der Waals surface area contributed by atoms with Crippen molar-refractivity contribution >= 4 is 10.0 Å². The first-order chi connectivity index (χ1) is 10.5. The SMILES string of the molecule is CN(C)CCOCc1nnn2c1CN(S(=O)(=O)C1CC1)CC2. The number of fused-ring (bicyclic) bond motifs is 1. The molecule has 1 aliphatic carbocycles. The Balaban J connectivity index is 1.64. The summed E-state index contributed by atoms with van der Waals surface area (Å²) in [5, 5.41) is 8.08. The van der Waals surface area contributed by atoms with Crippen molar-refractivity contribution in [2.45, 2.75) is 37.8 Å². The van der Waals surface area contributed by atoms with E-state index < -0.39 is 10.0 Å². The molecule has 1 aromatic heterocycles. The van der Waals surface area contributed by atoms with Crippen molar-refractivity contribution in [3.8, 4) is 0 Å². The molecule has 1 aromatic rings. The number of hydrogen-bond acceptors (Lipinski definition) is 6. The minimum atomic E-state index is -3.15. The average Bonchev–Trinajstić information content (AvgIpc) is 3.26. The number of likely N-dealkylation sites (N-methyl/N-ethyl adjacent to an activating group) is 1. The highest BCUT2D eigenvalue weighted by Gasteiger charge is 2.41. The lowest BCUT2D eigenvalue weighted by molar-refractivity contribution is 0.102. The fourth-order valence-corrected chi connectivity index (χ4v) is 4.29. The third kappa shape index (κ3) is 3.32. The van der Waals surface area contributed by atoms with Gasteiger partial charge in [-0.2, -0.15) is 4.31 Å². The van der Waals surface area contributed by atoms with Crippen LogP contribution in [0.15, 0.2) is 0 Å². The molecule has 0 spiro atoms. The van der Waals surface area contributed by atoms with Crippen molar-refractivity contribution in [1.82, 2.24) is 24.2 Å². The molecule has 22 heavy (non-hydrogen) atoms. The number of hydrogen-bond donors (Lipinski definition) is 0. The third-order valence-corrected chi connectivity index (χ3v) is 6.38. The second-order valence-corrected chi connectivity index (χ2v) is 8.35. The summed E-state index contributed by atoms with van der Waals surface area (Å²) in [6.07, 6.45) is 1.58. The standard InChI is InChI=1S/C13H23N5O3S/c1-16(2)7-8-21-10-12-13-9-17(5-6-18(13)15-14-12)22(19,20)11-3-4-11/h11H,3-10H2,1-2H3. The van der Waals surface area contributed by atoms with Gasteiger partial charge in [-0.05, 0) is 26.9 Å². The fraction of sp³-hybridized carbons (Fsp3) is 0.846. The molecule has 2 aliphatic rings. The van der Waals surface area contributed by atoms with Crippen LogP contribution >= 0.6 is 0 Å². The van der Waals surface area contributed by atoms with Crippen LogP contribution in [0.3, 0.4) is 0 Å². The Morgan fingerprint density at radius 2 is 2.09 bits per heavy atom. The summed E-state index contributed by atoms with van der Waals surface area (Å²) in [5.74, 6) is 0. The summed E-state index contributed by atoms with van der Waals surface area (Å²) in [6.45, 7) is 3.23. The van der Waals surface area contributed by atoms with Gasteiger partial charge in [0.15, 0.2) is 0 Å². The van der Waals surface area contributed by atoms with E-state index in [1.165, 1.54) is 0 Å². The van der Waals surface area contributed by atoms with Crippen molar-refractivity contribution < 1.29 is 13.2 Å². The van der Waals surface area contributed by atoms with E-state index in [2.05, 4.69) is 10.3 Å². The molecule has 8 nitrogen and oxygen atoms in total. The van der Waals surface area contributed by atoms with E-state index in [1.54, 1.807) is 8.99 Å². The summed E-state index contributed by atoms with van der Waals surface area (Å²) in [5.41, 5.74) is 1.61. The van der Waals surface area contributed by atoms with E-state index >= 15 is 0 Å². The van der Waals surface area contributed by atoms with Gasteiger partial charge in [0.05, 0.1) is 37.2 Å². The van der Waals surface area contributed by atoms with Gasteiger partial charge in [0.1, 0.15) is 5.69 Å². The molecule has 0 amide bonds. The topological polar surface area (TPSA) is 80.6 Å². The Labute approximate surface area is 131 Å². The van der Waals surface area contributed by atoms with Gasteiger partial charge in [0.25, 0.3) is 0 Å². The number of ether oxygens (including phenoxy) is 1. The molecule has 0 atom stereocenters. The molecule has 0 aromatic carbocycles. The summed E-state index contributed by atoms with van der Waals surface area (Å²) in [4.78, 5) is 2.05. The maximum atomic E-state index is 12.4. The largest absolute Gasteiger partial charge is 0.374 e. The van der Waals surface area contributed by atoms with Crippen molar-refractivity contribution in [1.29, 1.82) is 0 Å². The highest BCUT2D eigenvalue weighted by molar-refractivity contribution is 7.90. The summed E-state index contributed by atoms with van der Waals surface area (Å²) < 4.78 is 33.7. The Morgan fingerprint density at radius 3 is 2.77 bits per heavy atom. The smallest absolute Gasteiger partial charge is 0.217 e. The zero-order chi connectivity index (χ0) is 15.7. The number of rotatable bonds is 7. The summed E-state index contributed by atoms with van der Waals surface area (Å²) in [7, 11) is 0.835. The van der Waals surface area contributed by atoms with E-state index in [-0.39, 0.29) is 5.25 Å². The quantitative estimate of drug-likeness (QED) is 0.637. The molecular weight excluding hydrogens is 306 g/mol. The zero-order valence-corrected chi connectivity index (χ0v) is 13.9. The molecule has 1 aliphatic heterocycles. The molecule has 0 bridgehead atoms. The van der Waals surface area contributed by atoms with Crippen LogP contribution in [-0.2, 0) is 34.5 Å². The second-order valence-electron chi connectivity index (χ2n) is 6.14. The fourth-order valence-electron chi connectivity index (χ4n) is 2.50. The highest BCUT2D eigenvalue weighted by Crippen LogP contribution is 2.32. The van der Waals surface area contributed by atoms with Crippen LogP contribution in [0, 0.1) is 0 Å². The van der Waals surface area contributed by atoms with Gasteiger partial charge in [0, 0.05) is 13.1 Å². The van der Waals surface area contributed by atoms with Gasteiger partial charge in [-0.15, -0.1) is 5.10 Å². The Hall–Kier alpha value is -1.03. The molecular formula is C13H23N5O3S. The lowest BCUT2D eigenvalue weighted by Gasteiger charge is -2.27. The van der Waals surface area contributed by atoms with Crippen LogP contribution in [0.25, 0.3) is 0 Å². The van der Waals surface area contributed by atoms with Gasteiger partial charge in [-0.3, -0.25) is 0 Å². The van der Waals surface area contributed by atoms with Gasteiger partial charge >= 0.3 is 0 Å². The van der Waals surface area contributed by atoms with E-state index in [0.29, 0.717) is 32.8 Å². The van der Waals surface area contributed by atoms with E-state index in [1.807, 2.05) is 19.0 Å². The van der Waals surface area contributed by atoms with Crippen LogP contribution in [0.1, 0.15) is 24.2 Å². The molecule has 1 saturated carbocycles. The first kappa shape index (κ1) is 15.9. The molecule has 3 rings (SSSR count). The predicted octanol–water partition coefficient (Wildman–Crippen LogP) is -0.336. The molecule has 0 saturated heterocycles. The van der Waals surface area contributed by atoms with Gasteiger partial charge in [-0.25, -0.2) is 13.1 Å². The number of aromatic nitrogens is 3. The first-order valence-electron chi connectivity index (χ1n) is 7.61.